The Kier molecular flexibility index (Phi) is 13.2. The van der Waals surface area contributed by atoms with Gasteiger partial charge >= 0.3 is 6.18 Å². The largest absolute Gasteiger partial charge is 0.433 e. The quantitative estimate of drug-likeness (QED) is 0.276. The Hall–Kier alpha value is -2.14. The molecule has 0 bridgehead atoms. The van der Waals surface area contributed by atoms with E-state index in [4.69, 9.17) is 23.1 Å². The van der Waals surface area contributed by atoms with Crippen LogP contribution in [0.5, 0.6) is 0 Å². The number of thioether (sulfide) groups is 1. The van der Waals surface area contributed by atoms with Gasteiger partial charge in [-0.3, -0.25) is 9.93 Å². The van der Waals surface area contributed by atoms with Gasteiger partial charge in [0.25, 0.3) is 0 Å². The van der Waals surface area contributed by atoms with Gasteiger partial charge in [0.05, 0.1) is 5.52 Å². The molecule has 1 saturated heterocycles. The Morgan fingerprint density at radius 2 is 1.71 bits per heavy atom. The molecule has 3 aromatic rings. The molecule has 0 unspecified atom stereocenters. The minimum absolute atomic E-state index is 0.0137. The molecule has 0 radical (unpaired) electrons. The number of hydrogen-bond acceptors (Lipinski definition) is 6. The minimum atomic E-state index is -4.50. The number of aryl methyl sites for hydroxylation is 1. The highest BCUT2D eigenvalue weighted by Crippen LogP contribution is 2.32. The average molecular weight is 533 g/mol. The number of amides is 1. The Bertz CT molecular complexity index is 1050. The number of alkyl halides is 3. The van der Waals surface area contributed by atoms with E-state index in [1.807, 2.05) is 19.1 Å². The predicted octanol–water partition coefficient (Wildman–Crippen LogP) is 6.28. The average Bonchev–Trinajstić information content (AvgIpc) is 2.82. The summed E-state index contributed by atoms with van der Waals surface area (Å²) in [5.74, 6) is 2.46. The summed E-state index contributed by atoms with van der Waals surface area (Å²) in [7, 11) is 0. The lowest BCUT2D eigenvalue weighted by molar-refractivity contribution is -0.140. The summed E-state index contributed by atoms with van der Waals surface area (Å²) < 4.78 is 37.3. The summed E-state index contributed by atoms with van der Waals surface area (Å²) in [6.45, 7) is 1.92. The zero-order valence-electron chi connectivity index (χ0n) is 18.6. The molecule has 0 saturated carbocycles. The lowest BCUT2D eigenvalue weighted by atomic mass is 10.1. The Balaban J connectivity index is 0.000000273. The van der Waals surface area contributed by atoms with Crippen LogP contribution in [0.3, 0.4) is 0 Å². The van der Waals surface area contributed by atoms with Crippen molar-refractivity contribution in [2.45, 2.75) is 32.4 Å². The zero-order valence-corrected chi connectivity index (χ0v) is 21.1. The van der Waals surface area contributed by atoms with Crippen molar-refractivity contribution >= 4 is 58.7 Å². The number of fused-ring (bicyclic) bond motifs is 1. The van der Waals surface area contributed by atoms with E-state index in [9.17, 15) is 18.0 Å². The van der Waals surface area contributed by atoms with Crippen molar-refractivity contribution in [1.29, 1.82) is 0 Å². The van der Waals surface area contributed by atoms with Gasteiger partial charge in [0.1, 0.15) is 5.69 Å². The fraction of sp³-hybridized carbons (Fsp3) is 0.304. The van der Waals surface area contributed by atoms with Crippen LogP contribution < -0.4 is 16.6 Å². The number of halogens is 4. The fourth-order valence-electron chi connectivity index (χ4n) is 2.85. The van der Waals surface area contributed by atoms with Crippen LogP contribution in [0, 0.1) is 6.92 Å². The summed E-state index contributed by atoms with van der Waals surface area (Å²) >= 11 is 10.8. The van der Waals surface area contributed by atoms with Crippen LogP contribution in [0.4, 0.5) is 18.9 Å². The van der Waals surface area contributed by atoms with Crippen LogP contribution in [0.2, 0.25) is 5.02 Å². The monoisotopic (exact) mass is 532 g/mol. The van der Waals surface area contributed by atoms with Crippen LogP contribution in [0.1, 0.15) is 40.9 Å². The summed E-state index contributed by atoms with van der Waals surface area (Å²) in [5.41, 5.74) is 11.4. The summed E-state index contributed by atoms with van der Waals surface area (Å²) in [6.07, 6.45) is -0.0930. The van der Waals surface area contributed by atoms with Gasteiger partial charge in [-0.05, 0) is 67.7 Å². The molecule has 2 heterocycles. The topological polar surface area (TPSA) is 108 Å². The van der Waals surface area contributed by atoms with E-state index >= 15 is 0 Å². The number of thiol groups is 1. The van der Waals surface area contributed by atoms with E-state index in [1.165, 1.54) is 49.0 Å². The highest BCUT2D eigenvalue weighted by atomic mass is 35.5. The first-order valence-electron chi connectivity index (χ1n) is 10.2. The lowest BCUT2D eigenvalue weighted by Gasteiger charge is -2.09. The minimum Gasteiger partial charge on any atom is -0.398 e. The van der Waals surface area contributed by atoms with Gasteiger partial charge < -0.3 is 11.5 Å². The highest BCUT2D eigenvalue weighted by Gasteiger charge is 2.33. The second-order valence-corrected chi connectivity index (χ2v) is 8.82. The lowest BCUT2D eigenvalue weighted by Crippen LogP contribution is -2.10. The van der Waals surface area contributed by atoms with Gasteiger partial charge in [0, 0.05) is 21.7 Å². The zero-order chi connectivity index (χ0) is 25.7. The van der Waals surface area contributed by atoms with E-state index < -0.39 is 11.9 Å². The number of carbonyl (C=O) groups excluding carboxylic acids is 1. The number of pyridine rings is 1. The molecular weight excluding hydrogens is 505 g/mol. The molecule has 1 fully saturated rings. The normalized spacial score (nSPS) is 12.8. The molecule has 2 aromatic carbocycles. The molecule has 6 N–H and O–H groups in total. The van der Waals surface area contributed by atoms with Crippen LogP contribution in [-0.2, 0) is 6.18 Å². The molecule has 0 aliphatic carbocycles. The maximum atomic E-state index is 12.4. The molecule has 0 spiro atoms. The first-order chi connectivity index (χ1) is 16.1. The third-order valence-electron chi connectivity index (χ3n) is 4.47. The number of nitrogens with zero attached hydrogens (tertiary/aromatic N) is 1. The third-order valence-corrected chi connectivity index (χ3v) is 5.86. The molecule has 5 nitrogen and oxygen atoms in total. The summed E-state index contributed by atoms with van der Waals surface area (Å²) in [5, 5.41) is 5.02. The van der Waals surface area contributed by atoms with Crippen molar-refractivity contribution in [3.63, 3.8) is 0 Å². The molecular formula is C23H28ClF3N4OS2. The number of primary amides is 1. The Labute approximate surface area is 212 Å². The van der Waals surface area contributed by atoms with Gasteiger partial charge in [-0.25, -0.2) is 4.98 Å². The number of nitrogen functional groups attached to an aromatic ring is 1. The van der Waals surface area contributed by atoms with Crippen molar-refractivity contribution < 1.29 is 18.0 Å². The van der Waals surface area contributed by atoms with E-state index in [0.29, 0.717) is 16.0 Å². The first kappa shape index (κ1) is 29.9. The van der Waals surface area contributed by atoms with E-state index in [0.717, 1.165) is 11.6 Å². The third kappa shape index (κ3) is 10.4. The fourth-order valence-corrected chi connectivity index (χ4v) is 4.05. The van der Waals surface area contributed by atoms with Crippen molar-refractivity contribution in [2.75, 3.05) is 17.2 Å². The van der Waals surface area contributed by atoms with Crippen molar-refractivity contribution in [3.05, 3.63) is 70.4 Å². The van der Waals surface area contributed by atoms with Crippen LogP contribution in [-0.4, -0.2) is 22.4 Å². The highest BCUT2D eigenvalue weighted by molar-refractivity contribution is 7.99. The molecule has 0 atom stereocenters. The number of carbonyl (C=O) groups is 1. The maximum absolute atomic E-state index is 12.4. The standard InChI is InChI=1S/C10H6ClF3N2.C8H9NO.C5H10S.H3NS/c11-5-1-2-8-6(3-5)7(15)4-9(16-8)10(12,13)14;1-6-3-2-4-7(5-6)8(9)10;1-2-4-6-5-3-1;1-2/h1-4H,(H2,15,16);2-5H,1H3,(H2,9,10);1-5H2;2H,1H2. The molecule has 34 heavy (non-hydrogen) atoms. The van der Waals surface area contributed by atoms with Gasteiger partial charge in [-0.2, -0.15) is 24.9 Å². The molecule has 186 valence electrons. The number of anilines is 1. The van der Waals surface area contributed by atoms with Gasteiger partial charge in [-0.15, -0.1) is 12.8 Å². The smallest absolute Gasteiger partial charge is 0.398 e. The maximum Gasteiger partial charge on any atom is 0.433 e. The van der Waals surface area contributed by atoms with Crippen molar-refractivity contribution in [3.8, 4) is 0 Å². The Morgan fingerprint density at radius 1 is 1.06 bits per heavy atom. The second kappa shape index (κ2) is 15.0. The second-order valence-electron chi connectivity index (χ2n) is 7.16. The van der Waals surface area contributed by atoms with Gasteiger partial charge in [0.2, 0.25) is 5.91 Å². The molecule has 4 rings (SSSR count). The van der Waals surface area contributed by atoms with E-state index in [2.05, 4.69) is 34.7 Å². The van der Waals surface area contributed by atoms with Crippen LogP contribution >= 0.6 is 36.2 Å². The SMILES string of the molecule is C1CCSCC1.Cc1cccc(C(N)=O)c1.NS.Nc1cc(C(F)(F)F)nc2ccc(Cl)cc12. The summed E-state index contributed by atoms with van der Waals surface area (Å²) in [4.78, 5) is 14.1. The van der Waals surface area contributed by atoms with Gasteiger partial charge in [0.15, 0.2) is 0 Å². The van der Waals surface area contributed by atoms with Crippen LogP contribution in [0.25, 0.3) is 10.9 Å². The van der Waals surface area contributed by atoms with Crippen molar-refractivity contribution in [2.24, 2.45) is 10.9 Å². The molecule has 1 aromatic heterocycles. The number of rotatable bonds is 1. The number of aromatic nitrogens is 1. The molecule has 1 aliphatic rings. The Morgan fingerprint density at radius 3 is 2.15 bits per heavy atom. The van der Waals surface area contributed by atoms with E-state index in [1.54, 1.807) is 12.1 Å². The first-order valence-corrected chi connectivity index (χ1v) is 12.3. The predicted molar refractivity (Wildman–Crippen MR) is 140 cm³/mol. The number of nitrogens with two attached hydrogens (primary N) is 3. The van der Waals surface area contributed by atoms with Crippen LogP contribution in [0.15, 0.2) is 48.5 Å². The number of hydrogen-bond donors (Lipinski definition) is 4. The molecule has 1 amide bonds. The van der Waals surface area contributed by atoms with E-state index in [-0.39, 0.29) is 17.1 Å². The molecule has 11 heteroatoms. The summed E-state index contributed by atoms with van der Waals surface area (Å²) in [6, 6.07) is 12.4. The van der Waals surface area contributed by atoms with Gasteiger partial charge in [-0.1, -0.05) is 35.7 Å². The number of benzene rings is 2. The molecule has 1 aliphatic heterocycles. The van der Waals surface area contributed by atoms with Crippen molar-refractivity contribution in [1.82, 2.24) is 4.98 Å².